The molecule has 4 rings (SSSR count). The van der Waals surface area contributed by atoms with Gasteiger partial charge in [0, 0.05) is 5.39 Å². The maximum Gasteiger partial charge on any atom is 0.237 e. The summed E-state index contributed by atoms with van der Waals surface area (Å²) in [5.74, 6) is -0.394. The third kappa shape index (κ3) is 2.04. The lowest BCUT2D eigenvalue weighted by atomic mass is 10.1. The van der Waals surface area contributed by atoms with Gasteiger partial charge in [0.25, 0.3) is 0 Å². The maximum atomic E-state index is 11.5. The third-order valence-electron chi connectivity index (χ3n) is 4.28. The number of hydrogen-bond acceptors (Lipinski definition) is 3. The number of para-hydroxylation sites is 1. The highest BCUT2D eigenvalue weighted by Gasteiger charge is 2.15. The monoisotopic (exact) mass is 304 g/mol. The Hall–Kier alpha value is -2.95. The van der Waals surface area contributed by atoms with Gasteiger partial charge in [-0.2, -0.15) is 0 Å². The molecule has 0 atom stereocenters. The van der Waals surface area contributed by atoms with E-state index < -0.39 is 5.91 Å². The van der Waals surface area contributed by atoms with Crippen LogP contribution in [0.4, 0.5) is 0 Å². The Balaban J connectivity index is 2.18. The van der Waals surface area contributed by atoms with Gasteiger partial charge in [0.1, 0.15) is 12.1 Å². The summed E-state index contributed by atoms with van der Waals surface area (Å²) in [6.07, 6.45) is 0. The van der Waals surface area contributed by atoms with Crippen molar-refractivity contribution in [2.24, 2.45) is 5.73 Å². The van der Waals surface area contributed by atoms with Crippen LogP contribution in [-0.2, 0) is 11.3 Å². The van der Waals surface area contributed by atoms with Crippen molar-refractivity contribution in [1.29, 1.82) is 0 Å². The lowest BCUT2D eigenvalue weighted by molar-refractivity contribution is -0.118. The Kier molecular flexibility index (Phi) is 2.84. The first-order chi connectivity index (χ1) is 11.0. The largest absolute Gasteiger partial charge is 0.368 e. The van der Waals surface area contributed by atoms with Crippen LogP contribution < -0.4 is 5.73 Å². The number of aromatic nitrogens is 3. The molecule has 5 nitrogen and oxygen atoms in total. The van der Waals surface area contributed by atoms with Gasteiger partial charge in [-0.05, 0) is 43.2 Å². The molecular weight excluding hydrogens is 288 g/mol. The van der Waals surface area contributed by atoms with Crippen LogP contribution in [0.15, 0.2) is 36.4 Å². The number of benzene rings is 2. The minimum atomic E-state index is -0.394. The van der Waals surface area contributed by atoms with Crippen LogP contribution in [-0.4, -0.2) is 20.4 Å². The fraction of sp³-hybridized carbons (Fsp3) is 0.167. The first-order valence-electron chi connectivity index (χ1n) is 7.49. The van der Waals surface area contributed by atoms with Crippen LogP contribution in [0, 0.1) is 13.8 Å². The fourth-order valence-corrected chi connectivity index (χ4v) is 3.01. The number of hydrogen-bond donors (Lipinski definition) is 1. The molecule has 0 aliphatic heterocycles. The van der Waals surface area contributed by atoms with E-state index in [1.165, 1.54) is 11.1 Å². The van der Waals surface area contributed by atoms with Crippen molar-refractivity contribution in [1.82, 2.24) is 14.5 Å². The summed E-state index contributed by atoms with van der Waals surface area (Å²) >= 11 is 0. The molecule has 1 amide bonds. The molecular formula is C18H16N4O. The molecule has 0 spiro atoms. The van der Waals surface area contributed by atoms with Gasteiger partial charge < -0.3 is 10.3 Å². The Morgan fingerprint density at radius 1 is 1.09 bits per heavy atom. The van der Waals surface area contributed by atoms with E-state index in [2.05, 4.69) is 19.9 Å². The summed E-state index contributed by atoms with van der Waals surface area (Å²) in [6, 6.07) is 11.9. The van der Waals surface area contributed by atoms with Crippen molar-refractivity contribution >= 4 is 39.0 Å². The first-order valence-corrected chi connectivity index (χ1v) is 7.49. The topological polar surface area (TPSA) is 73.8 Å². The van der Waals surface area contributed by atoms with Gasteiger partial charge in [-0.3, -0.25) is 4.79 Å². The first kappa shape index (κ1) is 13.7. The van der Waals surface area contributed by atoms with Crippen LogP contribution in [0.1, 0.15) is 11.1 Å². The number of nitrogens with zero attached hydrogens (tertiary/aromatic N) is 3. The van der Waals surface area contributed by atoms with Gasteiger partial charge in [0.2, 0.25) is 5.91 Å². The van der Waals surface area contributed by atoms with E-state index >= 15 is 0 Å². The standard InChI is InChI=1S/C18H16N4O/c1-10-7-13-14(8-11(10)2)21-18-17(20-13)12-5-3-4-6-15(12)22(18)9-16(19)23/h3-8H,9H2,1-2H3,(H2,19,23). The van der Waals surface area contributed by atoms with Gasteiger partial charge in [0.05, 0.1) is 16.6 Å². The van der Waals surface area contributed by atoms with Crippen LogP contribution in [0.5, 0.6) is 0 Å². The number of amides is 1. The molecule has 0 bridgehead atoms. The number of rotatable bonds is 2. The molecule has 0 saturated carbocycles. The van der Waals surface area contributed by atoms with Gasteiger partial charge >= 0.3 is 0 Å². The minimum Gasteiger partial charge on any atom is -0.368 e. The third-order valence-corrected chi connectivity index (χ3v) is 4.28. The molecule has 2 aromatic carbocycles. The zero-order valence-corrected chi connectivity index (χ0v) is 13.0. The number of nitrogens with two attached hydrogens (primary N) is 1. The van der Waals surface area contributed by atoms with Crippen LogP contribution in [0.3, 0.4) is 0 Å². The van der Waals surface area contributed by atoms with Crippen molar-refractivity contribution in [3.05, 3.63) is 47.5 Å². The molecule has 5 heteroatoms. The van der Waals surface area contributed by atoms with Crippen molar-refractivity contribution in [2.75, 3.05) is 0 Å². The normalized spacial score (nSPS) is 11.6. The summed E-state index contributed by atoms with van der Waals surface area (Å²) in [5, 5.41) is 0.983. The van der Waals surface area contributed by atoms with E-state index in [1.807, 2.05) is 34.9 Å². The summed E-state index contributed by atoms with van der Waals surface area (Å²) in [5.41, 5.74) is 11.9. The molecule has 114 valence electrons. The SMILES string of the molecule is Cc1cc2nc3c4ccccc4n(CC(N)=O)c3nc2cc1C. The van der Waals surface area contributed by atoms with Gasteiger partial charge in [0.15, 0.2) is 5.65 Å². The van der Waals surface area contributed by atoms with Crippen molar-refractivity contribution in [3.8, 4) is 0 Å². The molecule has 0 aliphatic carbocycles. The molecule has 0 fully saturated rings. The highest BCUT2D eigenvalue weighted by atomic mass is 16.1. The fourth-order valence-electron chi connectivity index (χ4n) is 3.01. The molecule has 0 unspecified atom stereocenters. The van der Waals surface area contributed by atoms with E-state index in [0.717, 1.165) is 27.5 Å². The predicted molar refractivity (Wildman–Crippen MR) is 91.2 cm³/mol. The van der Waals surface area contributed by atoms with Crippen molar-refractivity contribution in [3.63, 3.8) is 0 Å². The summed E-state index contributed by atoms with van der Waals surface area (Å²) in [7, 11) is 0. The van der Waals surface area contributed by atoms with Crippen LogP contribution in [0.25, 0.3) is 33.1 Å². The second-order valence-electron chi connectivity index (χ2n) is 5.89. The highest BCUT2D eigenvalue weighted by molar-refractivity contribution is 6.07. The summed E-state index contributed by atoms with van der Waals surface area (Å²) in [6.45, 7) is 4.21. The van der Waals surface area contributed by atoms with E-state index in [-0.39, 0.29) is 6.54 Å². The smallest absolute Gasteiger partial charge is 0.237 e. The van der Waals surface area contributed by atoms with Gasteiger partial charge in [-0.25, -0.2) is 9.97 Å². The minimum absolute atomic E-state index is 0.0923. The maximum absolute atomic E-state index is 11.5. The van der Waals surface area contributed by atoms with Crippen LogP contribution >= 0.6 is 0 Å². The molecule has 0 saturated heterocycles. The van der Waals surface area contributed by atoms with Gasteiger partial charge in [-0.15, -0.1) is 0 Å². The second-order valence-corrected chi connectivity index (χ2v) is 5.89. The van der Waals surface area contributed by atoms with Crippen molar-refractivity contribution in [2.45, 2.75) is 20.4 Å². The molecule has 2 N–H and O–H groups in total. The summed E-state index contributed by atoms with van der Waals surface area (Å²) < 4.78 is 1.84. The Morgan fingerprint density at radius 2 is 1.74 bits per heavy atom. The van der Waals surface area contributed by atoms with E-state index in [1.54, 1.807) is 0 Å². The zero-order chi connectivity index (χ0) is 16.1. The Labute approximate surface area is 132 Å². The zero-order valence-electron chi connectivity index (χ0n) is 13.0. The number of carbonyl (C=O) groups is 1. The lowest BCUT2D eigenvalue weighted by Gasteiger charge is -2.05. The Bertz CT molecular complexity index is 1090. The highest BCUT2D eigenvalue weighted by Crippen LogP contribution is 2.28. The second kappa shape index (κ2) is 4.78. The molecule has 2 aromatic heterocycles. The number of carbonyl (C=O) groups excluding carboxylic acids is 1. The quantitative estimate of drug-likeness (QED) is 0.619. The lowest BCUT2D eigenvalue weighted by Crippen LogP contribution is -2.18. The Morgan fingerprint density at radius 3 is 2.43 bits per heavy atom. The number of fused-ring (bicyclic) bond motifs is 4. The molecule has 0 aliphatic rings. The average molecular weight is 304 g/mol. The molecule has 0 radical (unpaired) electrons. The molecule has 2 heterocycles. The van der Waals surface area contributed by atoms with E-state index in [0.29, 0.717) is 5.65 Å². The predicted octanol–water partition coefficient (Wildman–Crippen LogP) is 2.84. The average Bonchev–Trinajstić information content (AvgIpc) is 2.80. The van der Waals surface area contributed by atoms with Crippen LogP contribution in [0.2, 0.25) is 0 Å². The number of primary amides is 1. The van der Waals surface area contributed by atoms with E-state index in [4.69, 9.17) is 15.7 Å². The number of aryl methyl sites for hydroxylation is 2. The molecule has 23 heavy (non-hydrogen) atoms. The van der Waals surface area contributed by atoms with E-state index in [9.17, 15) is 4.79 Å². The summed E-state index contributed by atoms with van der Waals surface area (Å²) in [4.78, 5) is 21.0. The van der Waals surface area contributed by atoms with Crippen molar-refractivity contribution < 1.29 is 4.79 Å². The molecule has 4 aromatic rings. The van der Waals surface area contributed by atoms with Gasteiger partial charge in [-0.1, -0.05) is 18.2 Å².